The van der Waals surface area contributed by atoms with Crippen molar-refractivity contribution in [2.75, 3.05) is 12.8 Å². The highest BCUT2D eigenvalue weighted by atomic mass is 16.5. The largest absolute Gasteiger partial charge is 0.495 e. The molecule has 0 aliphatic heterocycles. The first-order valence-corrected chi connectivity index (χ1v) is 4.45. The van der Waals surface area contributed by atoms with Crippen molar-refractivity contribution >= 4 is 17.7 Å². The Morgan fingerprint density at radius 2 is 2.33 bits per heavy atom. The summed E-state index contributed by atoms with van der Waals surface area (Å²) in [4.78, 5) is 10.3. The predicted octanol–water partition coefficient (Wildman–Crippen LogP) is 1.77. The van der Waals surface area contributed by atoms with Crippen molar-refractivity contribution in [1.82, 2.24) is 0 Å². The molecular formula is C11H13NO3. The van der Waals surface area contributed by atoms with Gasteiger partial charge in [0.05, 0.1) is 19.2 Å². The third kappa shape index (κ3) is 3.34. The van der Waals surface area contributed by atoms with Gasteiger partial charge in [0, 0.05) is 0 Å². The Morgan fingerprint density at radius 1 is 1.60 bits per heavy atom. The molecule has 0 aliphatic carbocycles. The maximum Gasteiger partial charge on any atom is 0.307 e. The molecule has 0 saturated heterocycles. The monoisotopic (exact) mass is 207 g/mol. The smallest absolute Gasteiger partial charge is 0.307 e. The number of rotatable bonds is 4. The van der Waals surface area contributed by atoms with Crippen molar-refractivity contribution in [3.8, 4) is 5.75 Å². The number of carboxylic acids is 1. The molecule has 0 saturated carbocycles. The molecule has 0 spiro atoms. The zero-order chi connectivity index (χ0) is 11.3. The zero-order valence-electron chi connectivity index (χ0n) is 8.43. The molecule has 1 rings (SSSR count). The number of hydrogen-bond acceptors (Lipinski definition) is 3. The van der Waals surface area contributed by atoms with Crippen LogP contribution in [0.3, 0.4) is 0 Å². The molecule has 1 aromatic rings. The van der Waals surface area contributed by atoms with Gasteiger partial charge in [0.25, 0.3) is 0 Å². The molecule has 1 aromatic carbocycles. The van der Waals surface area contributed by atoms with E-state index in [0.29, 0.717) is 11.4 Å². The van der Waals surface area contributed by atoms with Crippen LogP contribution in [-0.2, 0) is 4.79 Å². The second kappa shape index (κ2) is 5.05. The number of methoxy groups -OCH3 is 1. The van der Waals surface area contributed by atoms with Gasteiger partial charge < -0.3 is 15.6 Å². The van der Waals surface area contributed by atoms with Gasteiger partial charge in [0.15, 0.2) is 0 Å². The van der Waals surface area contributed by atoms with Crippen LogP contribution >= 0.6 is 0 Å². The molecule has 0 aromatic heterocycles. The van der Waals surface area contributed by atoms with Gasteiger partial charge in [0.2, 0.25) is 0 Å². The maximum atomic E-state index is 10.3. The van der Waals surface area contributed by atoms with Crippen LogP contribution in [-0.4, -0.2) is 18.2 Å². The number of carbonyl (C=O) groups is 1. The highest BCUT2D eigenvalue weighted by Gasteiger charge is 1.98. The molecule has 0 heterocycles. The van der Waals surface area contributed by atoms with Crippen molar-refractivity contribution in [1.29, 1.82) is 0 Å². The Morgan fingerprint density at radius 3 is 2.87 bits per heavy atom. The third-order valence-corrected chi connectivity index (χ3v) is 1.86. The second-order valence-electron chi connectivity index (χ2n) is 3.00. The molecule has 0 amide bonds. The van der Waals surface area contributed by atoms with Crippen molar-refractivity contribution in [3.63, 3.8) is 0 Å². The predicted molar refractivity (Wildman–Crippen MR) is 58.7 cm³/mol. The number of nitrogen functional groups attached to an aromatic ring is 1. The molecule has 4 heteroatoms. The van der Waals surface area contributed by atoms with E-state index in [0.717, 1.165) is 5.56 Å². The van der Waals surface area contributed by atoms with Crippen molar-refractivity contribution in [2.45, 2.75) is 6.42 Å². The summed E-state index contributed by atoms with van der Waals surface area (Å²) >= 11 is 0. The molecule has 4 nitrogen and oxygen atoms in total. The fourth-order valence-corrected chi connectivity index (χ4v) is 1.15. The standard InChI is InChI=1S/C11H13NO3/c1-15-10-6-5-8(7-9(10)12)3-2-4-11(13)14/h2-3,5-7H,4,12H2,1H3,(H,13,14). The van der Waals surface area contributed by atoms with Gasteiger partial charge in [-0.15, -0.1) is 0 Å². The molecule has 15 heavy (non-hydrogen) atoms. The summed E-state index contributed by atoms with van der Waals surface area (Å²) in [6.45, 7) is 0. The Bertz CT molecular complexity index is 385. The van der Waals surface area contributed by atoms with E-state index in [2.05, 4.69) is 0 Å². The summed E-state index contributed by atoms with van der Waals surface area (Å²) < 4.78 is 5.00. The fraction of sp³-hybridized carbons (Fsp3) is 0.182. The van der Waals surface area contributed by atoms with Gasteiger partial charge in [-0.25, -0.2) is 0 Å². The lowest BCUT2D eigenvalue weighted by atomic mass is 10.1. The van der Waals surface area contributed by atoms with E-state index in [1.54, 1.807) is 31.4 Å². The van der Waals surface area contributed by atoms with Gasteiger partial charge >= 0.3 is 5.97 Å². The second-order valence-corrected chi connectivity index (χ2v) is 3.00. The number of carboxylic acid groups (broad SMARTS) is 1. The van der Waals surface area contributed by atoms with E-state index in [1.807, 2.05) is 6.07 Å². The highest BCUT2D eigenvalue weighted by Crippen LogP contribution is 2.22. The minimum atomic E-state index is -0.854. The van der Waals surface area contributed by atoms with E-state index < -0.39 is 5.97 Å². The summed E-state index contributed by atoms with van der Waals surface area (Å²) in [5.74, 6) is -0.238. The zero-order valence-corrected chi connectivity index (χ0v) is 8.43. The number of benzene rings is 1. The summed E-state index contributed by atoms with van der Waals surface area (Å²) in [7, 11) is 1.55. The molecule has 80 valence electrons. The third-order valence-electron chi connectivity index (χ3n) is 1.86. The Kier molecular flexibility index (Phi) is 3.74. The number of anilines is 1. The molecule has 0 unspecified atom stereocenters. The van der Waals surface area contributed by atoms with E-state index >= 15 is 0 Å². The number of nitrogens with two attached hydrogens (primary N) is 1. The van der Waals surface area contributed by atoms with E-state index in [1.165, 1.54) is 0 Å². The summed E-state index contributed by atoms with van der Waals surface area (Å²) in [5.41, 5.74) is 7.08. The molecule has 3 N–H and O–H groups in total. The van der Waals surface area contributed by atoms with E-state index in [4.69, 9.17) is 15.6 Å². The van der Waals surface area contributed by atoms with E-state index in [9.17, 15) is 4.79 Å². The average Bonchev–Trinajstić information content (AvgIpc) is 2.17. The summed E-state index contributed by atoms with van der Waals surface area (Å²) in [6.07, 6.45) is 3.29. The molecule has 0 radical (unpaired) electrons. The SMILES string of the molecule is COc1ccc(C=CCC(=O)O)cc1N. The first kappa shape index (κ1) is 11.1. The van der Waals surface area contributed by atoms with Crippen LogP contribution in [0, 0.1) is 0 Å². The van der Waals surface area contributed by atoms with Gasteiger partial charge in [0.1, 0.15) is 5.75 Å². The minimum absolute atomic E-state index is 0.00589. The first-order chi connectivity index (χ1) is 7.13. The van der Waals surface area contributed by atoms with Gasteiger partial charge in [-0.2, -0.15) is 0 Å². The first-order valence-electron chi connectivity index (χ1n) is 4.45. The minimum Gasteiger partial charge on any atom is -0.495 e. The van der Waals surface area contributed by atoms with Crippen molar-refractivity contribution < 1.29 is 14.6 Å². The molecule has 0 bridgehead atoms. The topological polar surface area (TPSA) is 72.5 Å². The molecular weight excluding hydrogens is 194 g/mol. The van der Waals surface area contributed by atoms with Crippen molar-refractivity contribution in [3.05, 3.63) is 29.8 Å². The summed E-state index contributed by atoms with van der Waals surface area (Å²) in [5, 5.41) is 8.43. The van der Waals surface area contributed by atoms with Crippen molar-refractivity contribution in [2.24, 2.45) is 0 Å². The summed E-state index contributed by atoms with van der Waals surface area (Å²) in [6, 6.07) is 5.29. The maximum absolute atomic E-state index is 10.3. The lowest BCUT2D eigenvalue weighted by molar-refractivity contribution is -0.135. The lowest BCUT2D eigenvalue weighted by Gasteiger charge is -2.04. The van der Waals surface area contributed by atoms with E-state index in [-0.39, 0.29) is 6.42 Å². The normalized spacial score (nSPS) is 10.5. The molecule has 0 fully saturated rings. The Labute approximate surface area is 88.0 Å². The van der Waals surface area contributed by atoms with Crippen LogP contribution in [0.5, 0.6) is 5.75 Å². The number of aliphatic carboxylic acids is 1. The van der Waals surface area contributed by atoms with Crippen LogP contribution < -0.4 is 10.5 Å². The Hall–Kier alpha value is -1.97. The van der Waals surface area contributed by atoms with Gasteiger partial charge in [-0.05, 0) is 17.7 Å². The molecule has 0 atom stereocenters. The van der Waals surface area contributed by atoms with Crippen LogP contribution in [0.15, 0.2) is 24.3 Å². The van der Waals surface area contributed by atoms with Crippen LogP contribution in [0.2, 0.25) is 0 Å². The molecule has 0 aliphatic rings. The average molecular weight is 207 g/mol. The number of hydrogen-bond donors (Lipinski definition) is 2. The highest BCUT2D eigenvalue weighted by molar-refractivity contribution is 5.71. The van der Waals surface area contributed by atoms with Crippen LogP contribution in [0.4, 0.5) is 5.69 Å². The van der Waals surface area contributed by atoms with Gasteiger partial charge in [-0.3, -0.25) is 4.79 Å². The van der Waals surface area contributed by atoms with Crippen LogP contribution in [0.1, 0.15) is 12.0 Å². The van der Waals surface area contributed by atoms with Gasteiger partial charge in [-0.1, -0.05) is 18.2 Å². The van der Waals surface area contributed by atoms with Crippen LogP contribution in [0.25, 0.3) is 6.08 Å². The lowest BCUT2D eigenvalue weighted by Crippen LogP contribution is -1.92. The quantitative estimate of drug-likeness (QED) is 0.738. The number of ether oxygens (including phenoxy) is 1. The fourth-order valence-electron chi connectivity index (χ4n) is 1.15. The Balaban J connectivity index is 2.75.